The van der Waals surface area contributed by atoms with Gasteiger partial charge in [-0.05, 0) is 42.0 Å². The van der Waals surface area contributed by atoms with Crippen molar-refractivity contribution in [2.24, 2.45) is 13.0 Å². The summed E-state index contributed by atoms with van der Waals surface area (Å²) in [6, 6.07) is 6.83. The Labute approximate surface area is 121 Å². The first-order valence-corrected chi connectivity index (χ1v) is 7.50. The highest BCUT2D eigenvalue weighted by Crippen LogP contribution is 2.33. The van der Waals surface area contributed by atoms with Crippen LogP contribution in [0.1, 0.15) is 25.3 Å². The van der Waals surface area contributed by atoms with Gasteiger partial charge < -0.3 is 4.90 Å². The molecule has 2 aromatic rings. The summed E-state index contributed by atoms with van der Waals surface area (Å²) in [7, 11) is 4.18. The fourth-order valence-corrected chi connectivity index (χ4v) is 3.33. The van der Waals surface area contributed by atoms with E-state index < -0.39 is 0 Å². The second-order valence-corrected chi connectivity index (χ2v) is 5.99. The number of aryl methyl sites for hydroxylation is 1. The first-order chi connectivity index (χ1) is 9.67. The third-order valence-corrected chi connectivity index (χ3v) is 4.27. The first kappa shape index (κ1) is 13.2. The lowest BCUT2D eigenvalue weighted by Gasteiger charge is -2.33. The molecule has 0 spiro atoms. The number of anilines is 1. The molecular weight excluding hydrogens is 246 g/mol. The Balaban J connectivity index is 1.93. The summed E-state index contributed by atoms with van der Waals surface area (Å²) in [6.07, 6.45) is 7.83. The number of aromatic nitrogens is 2. The lowest BCUT2D eigenvalue weighted by atomic mass is 9.88. The van der Waals surface area contributed by atoms with Crippen LogP contribution in [0.3, 0.4) is 0 Å². The predicted molar refractivity (Wildman–Crippen MR) is 84.0 cm³/mol. The molecule has 0 bridgehead atoms. The Hall–Kier alpha value is -1.77. The molecule has 0 N–H and O–H groups in total. The molecule has 0 radical (unpaired) electrons. The fraction of sp³-hybridized carbons (Fsp3) is 0.471. The van der Waals surface area contributed by atoms with Crippen LogP contribution in [0, 0.1) is 5.92 Å². The SMILES string of the molecule is CCC[C@@H]1Cc2cc(-c3cnn(C)c3)ccc2N(C)C1. The minimum absolute atomic E-state index is 0.793. The van der Waals surface area contributed by atoms with Crippen molar-refractivity contribution < 1.29 is 0 Å². The van der Waals surface area contributed by atoms with E-state index in [4.69, 9.17) is 0 Å². The summed E-state index contributed by atoms with van der Waals surface area (Å²) >= 11 is 0. The van der Waals surface area contributed by atoms with Crippen molar-refractivity contribution in [3.05, 3.63) is 36.2 Å². The zero-order chi connectivity index (χ0) is 14.1. The largest absolute Gasteiger partial charge is 0.374 e. The second kappa shape index (κ2) is 5.31. The van der Waals surface area contributed by atoms with E-state index in [1.807, 2.05) is 17.9 Å². The van der Waals surface area contributed by atoms with Crippen LogP contribution < -0.4 is 4.90 Å². The quantitative estimate of drug-likeness (QED) is 0.850. The van der Waals surface area contributed by atoms with E-state index >= 15 is 0 Å². The van der Waals surface area contributed by atoms with Crippen molar-refractivity contribution >= 4 is 5.69 Å². The van der Waals surface area contributed by atoms with Crippen molar-refractivity contribution in [3.63, 3.8) is 0 Å². The normalized spacial score (nSPS) is 18.1. The van der Waals surface area contributed by atoms with Crippen LogP contribution in [-0.2, 0) is 13.5 Å². The van der Waals surface area contributed by atoms with Crippen LogP contribution in [0.15, 0.2) is 30.6 Å². The molecule has 1 aromatic carbocycles. The van der Waals surface area contributed by atoms with Crippen molar-refractivity contribution in [3.8, 4) is 11.1 Å². The molecule has 0 saturated heterocycles. The summed E-state index contributed by atoms with van der Waals surface area (Å²) in [5, 5.41) is 4.27. The van der Waals surface area contributed by atoms with E-state index in [-0.39, 0.29) is 0 Å². The standard InChI is InChI=1S/C17H23N3/c1-4-5-13-8-15-9-14(16-10-18-20(3)12-16)6-7-17(15)19(2)11-13/h6-7,9-10,12-13H,4-5,8,11H2,1-3H3/t13-/m1/s1. The summed E-state index contributed by atoms with van der Waals surface area (Å²) in [5.41, 5.74) is 5.36. The molecule has 0 amide bonds. The fourth-order valence-electron chi connectivity index (χ4n) is 3.33. The van der Waals surface area contributed by atoms with Crippen molar-refractivity contribution in [1.82, 2.24) is 9.78 Å². The number of benzene rings is 1. The van der Waals surface area contributed by atoms with Gasteiger partial charge in [-0.15, -0.1) is 0 Å². The van der Waals surface area contributed by atoms with E-state index in [9.17, 15) is 0 Å². The minimum atomic E-state index is 0.793. The molecule has 3 rings (SSSR count). The maximum absolute atomic E-state index is 4.27. The molecule has 1 aromatic heterocycles. The monoisotopic (exact) mass is 269 g/mol. The maximum atomic E-state index is 4.27. The van der Waals surface area contributed by atoms with Gasteiger partial charge in [0.05, 0.1) is 6.20 Å². The average molecular weight is 269 g/mol. The van der Waals surface area contributed by atoms with Gasteiger partial charge in [-0.1, -0.05) is 19.4 Å². The van der Waals surface area contributed by atoms with Gasteiger partial charge in [0, 0.05) is 38.1 Å². The molecule has 0 fully saturated rings. The van der Waals surface area contributed by atoms with Gasteiger partial charge >= 0.3 is 0 Å². The predicted octanol–water partition coefficient (Wildman–Crippen LogP) is 3.50. The van der Waals surface area contributed by atoms with E-state index in [0.29, 0.717) is 0 Å². The summed E-state index contributed by atoms with van der Waals surface area (Å²) < 4.78 is 1.86. The van der Waals surface area contributed by atoms with Crippen molar-refractivity contribution in [2.45, 2.75) is 26.2 Å². The highest BCUT2D eigenvalue weighted by atomic mass is 15.2. The van der Waals surface area contributed by atoms with E-state index in [1.54, 1.807) is 0 Å². The van der Waals surface area contributed by atoms with E-state index in [0.717, 1.165) is 5.92 Å². The lowest BCUT2D eigenvalue weighted by Crippen LogP contribution is -2.32. The smallest absolute Gasteiger partial charge is 0.0568 e. The molecule has 0 aliphatic carbocycles. The number of rotatable bonds is 3. The summed E-state index contributed by atoms with van der Waals surface area (Å²) in [6.45, 7) is 3.47. The highest BCUT2D eigenvalue weighted by molar-refractivity contribution is 5.68. The minimum Gasteiger partial charge on any atom is -0.374 e. The third kappa shape index (κ3) is 2.45. The third-order valence-electron chi connectivity index (χ3n) is 4.27. The zero-order valence-electron chi connectivity index (χ0n) is 12.6. The lowest BCUT2D eigenvalue weighted by molar-refractivity contribution is 0.462. The van der Waals surface area contributed by atoms with Crippen LogP contribution in [0.2, 0.25) is 0 Å². The summed E-state index contributed by atoms with van der Waals surface area (Å²) in [5.74, 6) is 0.793. The molecule has 2 heterocycles. The second-order valence-electron chi connectivity index (χ2n) is 5.99. The number of nitrogens with zero attached hydrogens (tertiary/aromatic N) is 3. The first-order valence-electron chi connectivity index (χ1n) is 7.50. The molecule has 106 valence electrons. The van der Waals surface area contributed by atoms with Crippen LogP contribution in [0.25, 0.3) is 11.1 Å². The van der Waals surface area contributed by atoms with Gasteiger partial charge in [0.25, 0.3) is 0 Å². The Morgan fingerprint density at radius 1 is 1.25 bits per heavy atom. The van der Waals surface area contributed by atoms with Gasteiger partial charge in [-0.25, -0.2) is 0 Å². The molecule has 1 aliphatic rings. The van der Waals surface area contributed by atoms with Gasteiger partial charge in [0.15, 0.2) is 0 Å². The van der Waals surface area contributed by atoms with Crippen LogP contribution in [0.5, 0.6) is 0 Å². The molecule has 3 heteroatoms. The van der Waals surface area contributed by atoms with Crippen LogP contribution >= 0.6 is 0 Å². The Morgan fingerprint density at radius 3 is 2.80 bits per heavy atom. The van der Waals surface area contributed by atoms with Gasteiger partial charge in [-0.2, -0.15) is 5.10 Å². The molecule has 1 atom stereocenters. The van der Waals surface area contributed by atoms with Crippen LogP contribution in [-0.4, -0.2) is 23.4 Å². The Morgan fingerprint density at radius 2 is 2.10 bits per heavy atom. The molecule has 3 nitrogen and oxygen atoms in total. The number of hydrogen-bond acceptors (Lipinski definition) is 2. The average Bonchev–Trinajstić information content (AvgIpc) is 2.85. The Kier molecular flexibility index (Phi) is 3.51. The highest BCUT2D eigenvalue weighted by Gasteiger charge is 2.22. The van der Waals surface area contributed by atoms with Gasteiger partial charge in [-0.3, -0.25) is 4.68 Å². The topological polar surface area (TPSA) is 21.1 Å². The number of hydrogen-bond donors (Lipinski definition) is 0. The van der Waals surface area contributed by atoms with Gasteiger partial charge in [0.2, 0.25) is 0 Å². The van der Waals surface area contributed by atoms with Crippen LogP contribution in [0.4, 0.5) is 5.69 Å². The van der Waals surface area contributed by atoms with Crippen molar-refractivity contribution in [1.29, 1.82) is 0 Å². The van der Waals surface area contributed by atoms with Gasteiger partial charge in [0.1, 0.15) is 0 Å². The molecular formula is C17H23N3. The van der Waals surface area contributed by atoms with Crippen molar-refractivity contribution in [2.75, 3.05) is 18.5 Å². The maximum Gasteiger partial charge on any atom is 0.0568 e. The Bertz CT molecular complexity index is 600. The number of fused-ring (bicyclic) bond motifs is 1. The molecule has 0 saturated carbocycles. The zero-order valence-corrected chi connectivity index (χ0v) is 12.6. The van der Waals surface area contributed by atoms with E-state index in [2.05, 4.69) is 48.4 Å². The molecule has 1 aliphatic heterocycles. The van der Waals surface area contributed by atoms with E-state index in [1.165, 1.54) is 48.2 Å². The summed E-state index contributed by atoms with van der Waals surface area (Å²) in [4.78, 5) is 2.41. The molecule has 0 unspecified atom stereocenters. The molecule has 20 heavy (non-hydrogen) atoms.